The van der Waals surface area contributed by atoms with Crippen molar-refractivity contribution in [2.75, 3.05) is 0 Å². The third-order valence-corrected chi connectivity index (χ3v) is 14.9. The van der Waals surface area contributed by atoms with Gasteiger partial charge in [-0.3, -0.25) is 0 Å². The Morgan fingerprint density at radius 2 is 1.04 bits per heavy atom. The van der Waals surface area contributed by atoms with E-state index in [0.717, 1.165) is 54.3 Å². The Hall–Kier alpha value is -7.83. The second-order valence-corrected chi connectivity index (χ2v) is 19.3. The van der Waals surface area contributed by atoms with Gasteiger partial charge >= 0.3 is 0 Å². The van der Waals surface area contributed by atoms with Gasteiger partial charge in [0.1, 0.15) is 45.8 Å². The number of aromatic nitrogens is 4. The highest BCUT2D eigenvalue weighted by atomic mass is 32.1. The first-order valence-electron chi connectivity index (χ1n) is 23.3. The summed E-state index contributed by atoms with van der Waals surface area (Å²) < 4.78 is 8.86. The molecule has 0 radical (unpaired) electrons. The first-order valence-corrected chi connectivity index (χ1v) is 24.1. The van der Waals surface area contributed by atoms with E-state index in [0.29, 0.717) is 105 Å². The Labute approximate surface area is 410 Å². The lowest BCUT2D eigenvalue weighted by atomic mass is 9.92. The summed E-state index contributed by atoms with van der Waals surface area (Å²) >= 11 is 1.57. The van der Waals surface area contributed by atoms with Gasteiger partial charge in [0.25, 0.3) is 0 Å². The summed E-state index contributed by atoms with van der Waals surface area (Å²) in [6.07, 6.45) is 13.5. The van der Waals surface area contributed by atoms with E-state index in [-0.39, 0.29) is 34.5 Å². The first kappa shape index (κ1) is 47.2. The molecule has 0 aliphatic heterocycles. The first-order chi connectivity index (χ1) is 33.5. The van der Waals surface area contributed by atoms with Crippen LogP contribution in [0.15, 0.2) is 83.3 Å². The monoisotopic (exact) mass is 952 g/mol. The van der Waals surface area contributed by atoms with Crippen molar-refractivity contribution in [3.8, 4) is 34.5 Å². The van der Waals surface area contributed by atoms with Crippen LogP contribution in [0, 0.1) is 48.5 Å². The van der Waals surface area contributed by atoms with Crippen molar-refractivity contribution in [2.45, 2.75) is 80.6 Å². The number of rotatable bonds is 13. The minimum Gasteiger partial charge on any atom is -0.507 e. The minimum atomic E-state index is 0.119. The second-order valence-electron chi connectivity index (χ2n) is 18.2. The van der Waals surface area contributed by atoms with Gasteiger partial charge in [0.05, 0.1) is 26.3 Å². The lowest BCUT2D eigenvalue weighted by Crippen LogP contribution is -1.99. The van der Waals surface area contributed by atoms with Crippen LogP contribution in [0.25, 0.3) is 50.6 Å². The molecule has 0 saturated heterocycles. The van der Waals surface area contributed by atoms with E-state index >= 15 is 0 Å². The number of aryl methyl sites for hydroxylation is 1. The molecule has 3 aromatic heterocycles. The standard InChI is InChI=1S/C58H56N4O7S/c1-30-31(2)54(64)39(32(3)53(30)63)14-11-19-50-59-44-24-22-37(28-47(44)62(50)8)26-42-35(6)56(66)41(34(5)57(42)67)16-13-21-52-61-46-25-23-38(29-49(46)70-52)27-43-36(7)55(65)40(33(4)58(43)68)15-12-20-51-60-45-17-9-10-18-48(45)69-51/h9-18,22-25,28-29,63-68H,19-21,26-27H2,1-8H3/b14-11+,15-12+,16-13+. The van der Waals surface area contributed by atoms with Crippen molar-refractivity contribution in [1.82, 2.24) is 19.5 Å². The Bertz CT molecular complexity index is 3520. The highest BCUT2D eigenvalue weighted by Crippen LogP contribution is 2.42. The number of allylic oxidation sites excluding steroid dienone is 3. The number of thiazole rings is 1. The molecule has 0 spiro atoms. The summed E-state index contributed by atoms with van der Waals surface area (Å²) in [5.74, 6) is 2.29. The minimum absolute atomic E-state index is 0.119. The Balaban J connectivity index is 0.866. The van der Waals surface area contributed by atoms with Crippen molar-refractivity contribution >= 4 is 61.9 Å². The number of aromatic hydroxyl groups is 6. The summed E-state index contributed by atoms with van der Waals surface area (Å²) in [5, 5.41) is 68.0. The van der Waals surface area contributed by atoms with Gasteiger partial charge in [-0.25, -0.2) is 15.0 Å². The molecule has 0 bridgehead atoms. The van der Waals surface area contributed by atoms with Crippen LogP contribution in [0.3, 0.4) is 0 Å². The molecule has 11 nitrogen and oxygen atoms in total. The van der Waals surface area contributed by atoms with Gasteiger partial charge < -0.3 is 39.6 Å². The molecular formula is C58H56N4O7S. The number of nitrogens with zero attached hydrogens (tertiary/aromatic N) is 4. The quantitative estimate of drug-likeness (QED) is 0.0610. The zero-order chi connectivity index (χ0) is 49.7. The topological polar surface area (TPSA) is 178 Å². The van der Waals surface area contributed by atoms with Crippen molar-refractivity contribution in [3.05, 3.63) is 174 Å². The van der Waals surface area contributed by atoms with E-state index < -0.39 is 0 Å². The number of oxazole rings is 1. The van der Waals surface area contributed by atoms with Gasteiger partial charge in [-0.1, -0.05) is 60.7 Å². The molecule has 0 atom stereocenters. The number of imidazole rings is 1. The van der Waals surface area contributed by atoms with E-state index in [9.17, 15) is 30.6 Å². The fourth-order valence-electron chi connectivity index (χ4n) is 9.34. The molecule has 0 amide bonds. The summed E-state index contributed by atoms with van der Waals surface area (Å²) in [6.45, 7) is 12.6. The highest BCUT2D eigenvalue weighted by Gasteiger charge is 2.21. The predicted octanol–water partition coefficient (Wildman–Crippen LogP) is 12.7. The third-order valence-electron chi connectivity index (χ3n) is 13.9. The van der Waals surface area contributed by atoms with Gasteiger partial charge in [0, 0.05) is 83.7 Å². The predicted molar refractivity (Wildman–Crippen MR) is 281 cm³/mol. The van der Waals surface area contributed by atoms with Crippen LogP contribution in [-0.2, 0) is 39.2 Å². The second kappa shape index (κ2) is 18.9. The van der Waals surface area contributed by atoms with Crippen molar-refractivity contribution in [1.29, 1.82) is 0 Å². The molecule has 0 unspecified atom stereocenters. The van der Waals surface area contributed by atoms with Crippen LogP contribution < -0.4 is 0 Å². The van der Waals surface area contributed by atoms with Gasteiger partial charge in [0.15, 0.2) is 11.5 Å². The van der Waals surface area contributed by atoms with Crippen molar-refractivity contribution in [3.63, 3.8) is 0 Å². The van der Waals surface area contributed by atoms with Gasteiger partial charge in [-0.15, -0.1) is 11.3 Å². The van der Waals surface area contributed by atoms with E-state index in [1.807, 2.05) is 111 Å². The maximum absolute atomic E-state index is 11.6. The maximum atomic E-state index is 11.6. The smallest absolute Gasteiger partial charge is 0.199 e. The molecule has 6 aromatic carbocycles. The number of hydrogen-bond acceptors (Lipinski definition) is 11. The van der Waals surface area contributed by atoms with Crippen LogP contribution >= 0.6 is 11.3 Å². The molecule has 70 heavy (non-hydrogen) atoms. The fourth-order valence-corrected chi connectivity index (χ4v) is 10.3. The zero-order valence-corrected chi connectivity index (χ0v) is 41.4. The van der Waals surface area contributed by atoms with Crippen molar-refractivity contribution < 1.29 is 35.1 Å². The molecule has 0 aliphatic rings. The SMILES string of the molecule is Cc1c(C)c(O)c(/C=C/Cc2nc3ccc(Cc4c(C)c(O)c(/C=C/Cc5nc6ccc(Cc7c(C)c(O)c(/C=C/Cc8nc9ccccc9o8)c(C)c7O)cc6s5)c(C)c4O)cc3n2C)c(C)c1O. The lowest BCUT2D eigenvalue weighted by Gasteiger charge is -2.16. The number of para-hydroxylation sites is 2. The van der Waals surface area contributed by atoms with Crippen LogP contribution in [0.2, 0.25) is 0 Å². The van der Waals surface area contributed by atoms with E-state index in [4.69, 9.17) is 14.4 Å². The van der Waals surface area contributed by atoms with Gasteiger partial charge in [0.2, 0.25) is 0 Å². The number of fused-ring (bicyclic) bond motifs is 3. The van der Waals surface area contributed by atoms with E-state index in [1.54, 1.807) is 45.1 Å². The number of phenols is 6. The molecule has 0 fully saturated rings. The highest BCUT2D eigenvalue weighted by molar-refractivity contribution is 7.18. The Kier molecular flexibility index (Phi) is 12.8. The van der Waals surface area contributed by atoms with Crippen molar-refractivity contribution in [2.24, 2.45) is 7.05 Å². The molecule has 6 N–H and O–H groups in total. The number of hydrogen-bond donors (Lipinski definition) is 6. The molecule has 9 aromatic rings. The van der Waals surface area contributed by atoms with Crippen LogP contribution in [0.1, 0.15) is 94.6 Å². The zero-order valence-electron chi connectivity index (χ0n) is 40.6. The normalized spacial score (nSPS) is 12.2. The molecule has 9 rings (SSSR count). The number of benzene rings is 6. The Morgan fingerprint density at radius 3 is 1.67 bits per heavy atom. The molecule has 0 saturated carbocycles. The molecule has 356 valence electrons. The van der Waals surface area contributed by atoms with Gasteiger partial charge in [-0.05, 0) is 118 Å². The lowest BCUT2D eigenvalue weighted by molar-refractivity contribution is 0.447. The molecular weight excluding hydrogens is 897 g/mol. The largest absolute Gasteiger partial charge is 0.507 e. The fraction of sp³-hybridized carbons (Fsp3) is 0.224. The average Bonchev–Trinajstić information content (AvgIpc) is 4.06. The summed E-state index contributed by atoms with van der Waals surface area (Å²) in [5.41, 5.74) is 13.4. The number of phenolic OH excluding ortho intramolecular Hbond substituents is 6. The summed E-state index contributed by atoms with van der Waals surface area (Å²) in [7, 11) is 1.96. The Morgan fingerprint density at radius 1 is 0.514 bits per heavy atom. The summed E-state index contributed by atoms with van der Waals surface area (Å²) in [6, 6.07) is 19.7. The molecule has 0 aliphatic carbocycles. The third kappa shape index (κ3) is 8.75. The van der Waals surface area contributed by atoms with Crippen LogP contribution in [0.4, 0.5) is 0 Å². The molecule has 3 heterocycles. The maximum Gasteiger partial charge on any atom is 0.199 e. The van der Waals surface area contributed by atoms with Crippen LogP contribution in [0.5, 0.6) is 34.5 Å². The van der Waals surface area contributed by atoms with Crippen LogP contribution in [-0.4, -0.2) is 50.2 Å². The average molecular weight is 953 g/mol. The van der Waals surface area contributed by atoms with E-state index in [1.165, 1.54) is 0 Å². The van der Waals surface area contributed by atoms with Gasteiger partial charge in [-0.2, -0.15) is 0 Å². The summed E-state index contributed by atoms with van der Waals surface area (Å²) in [4.78, 5) is 14.2. The molecule has 12 heteroatoms. The van der Waals surface area contributed by atoms with E-state index in [2.05, 4.69) is 17.1 Å².